The fourth-order valence-corrected chi connectivity index (χ4v) is 1.89. The van der Waals surface area contributed by atoms with E-state index in [1.165, 1.54) is 5.56 Å². The molecule has 0 radical (unpaired) electrons. The van der Waals surface area contributed by atoms with Crippen LogP contribution >= 0.6 is 0 Å². The molecule has 1 aromatic rings. The van der Waals surface area contributed by atoms with Crippen LogP contribution in [0.4, 0.5) is 0 Å². The van der Waals surface area contributed by atoms with Gasteiger partial charge < -0.3 is 16.2 Å². The molecule has 0 aliphatic carbocycles. The largest absolute Gasteiger partial charge is 0.490 e. The van der Waals surface area contributed by atoms with E-state index < -0.39 is 11.4 Å². The van der Waals surface area contributed by atoms with Gasteiger partial charge in [0, 0.05) is 6.42 Å². The van der Waals surface area contributed by atoms with Gasteiger partial charge in [0.05, 0.1) is 11.6 Å². The summed E-state index contributed by atoms with van der Waals surface area (Å²) in [5.74, 6) is 0.298. The van der Waals surface area contributed by atoms with Crippen molar-refractivity contribution in [3.63, 3.8) is 0 Å². The van der Waals surface area contributed by atoms with E-state index in [2.05, 4.69) is 6.07 Å². The molecule has 1 aromatic carbocycles. The predicted molar refractivity (Wildman–Crippen MR) is 72.4 cm³/mol. The third-order valence-corrected chi connectivity index (χ3v) is 2.93. The van der Waals surface area contributed by atoms with E-state index in [9.17, 15) is 4.79 Å². The Kier molecular flexibility index (Phi) is 4.35. The van der Waals surface area contributed by atoms with Crippen molar-refractivity contribution in [3.05, 3.63) is 29.3 Å². The highest BCUT2D eigenvalue weighted by Gasteiger charge is 2.28. The van der Waals surface area contributed by atoms with Gasteiger partial charge in [-0.05, 0) is 39.3 Å². The molecule has 0 aliphatic heterocycles. The molecule has 2 unspecified atom stereocenters. The number of nitrogens with two attached hydrogens (primary N) is 2. The lowest BCUT2D eigenvalue weighted by molar-refractivity contribution is -0.123. The minimum Gasteiger partial charge on any atom is -0.490 e. The summed E-state index contributed by atoms with van der Waals surface area (Å²) < 4.78 is 5.80. The highest BCUT2D eigenvalue weighted by Crippen LogP contribution is 2.22. The molecule has 2 atom stereocenters. The number of amides is 1. The SMILES string of the molecule is Cc1ccc(OC(C)CC(C)(N)C(N)=O)c(C)c1. The third kappa shape index (κ3) is 3.74. The first-order valence-electron chi connectivity index (χ1n) is 6.05. The van der Waals surface area contributed by atoms with Crippen molar-refractivity contribution >= 4 is 5.91 Å². The van der Waals surface area contributed by atoms with Crippen LogP contribution in [0.15, 0.2) is 18.2 Å². The number of aryl methyl sites for hydroxylation is 2. The molecule has 0 saturated heterocycles. The van der Waals surface area contributed by atoms with Crippen molar-refractivity contribution in [2.24, 2.45) is 11.5 Å². The molecule has 0 bridgehead atoms. The van der Waals surface area contributed by atoms with Crippen LogP contribution < -0.4 is 16.2 Å². The van der Waals surface area contributed by atoms with Crippen LogP contribution in [0.25, 0.3) is 0 Å². The molecule has 0 heterocycles. The summed E-state index contributed by atoms with van der Waals surface area (Å²) in [4.78, 5) is 11.2. The quantitative estimate of drug-likeness (QED) is 0.834. The summed E-state index contributed by atoms with van der Waals surface area (Å²) >= 11 is 0. The monoisotopic (exact) mass is 250 g/mol. The smallest absolute Gasteiger partial charge is 0.237 e. The Balaban J connectivity index is 2.70. The summed E-state index contributed by atoms with van der Waals surface area (Å²) in [6.45, 7) is 7.53. The molecule has 0 saturated carbocycles. The molecule has 4 nitrogen and oxygen atoms in total. The summed E-state index contributed by atoms with van der Waals surface area (Å²) in [6.07, 6.45) is 0.212. The molecule has 1 amide bonds. The number of carbonyl (C=O) groups excluding carboxylic acids is 1. The molecule has 0 spiro atoms. The Morgan fingerprint density at radius 1 is 1.44 bits per heavy atom. The van der Waals surface area contributed by atoms with Gasteiger partial charge in [-0.2, -0.15) is 0 Å². The van der Waals surface area contributed by atoms with Gasteiger partial charge in [-0.3, -0.25) is 4.79 Å². The van der Waals surface area contributed by atoms with Crippen molar-refractivity contribution in [1.82, 2.24) is 0 Å². The summed E-state index contributed by atoms with van der Waals surface area (Å²) in [5, 5.41) is 0. The summed E-state index contributed by atoms with van der Waals surface area (Å²) in [6, 6.07) is 5.97. The minimum absolute atomic E-state index is 0.172. The van der Waals surface area contributed by atoms with Gasteiger partial charge >= 0.3 is 0 Å². The van der Waals surface area contributed by atoms with Crippen LogP contribution in [0.2, 0.25) is 0 Å². The number of primary amides is 1. The van der Waals surface area contributed by atoms with Crippen LogP contribution in [0.1, 0.15) is 31.4 Å². The second-order valence-electron chi connectivity index (χ2n) is 5.18. The van der Waals surface area contributed by atoms with Gasteiger partial charge in [-0.1, -0.05) is 17.7 Å². The topological polar surface area (TPSA) is 78.3 Å². The van der Waals surface area contributed by atoms with E-state index >= 15 is 0 Å². The van der Waals surface area contributed by atoms with E-state index in [0.717, 1.165) is 11.3 Å². The lowest BCUT2D eigenvalue weighted by Gasteiger charge is -2.25. The molecular formula is C14H22N2O2. The fraction of sp³-hybridized carbons (Fsp3) is 0.500. The zero-order valence-electron chi connectivity index (χ0n) is 11.5. The molecule has 1 rings (SSSR count). The Hall–Kier alpha value is -1.55. The van der Waals surface area contributed by atoms with Crippen LogP contribution in [-0.4, -0.2) is 17.6 Å². The van der Waals surface area contributed by atoms with Crippen LogP contribution in [0, 0.1) is 13.8 Å². The Morgan fingerprint density at radius 3 is 2.56 bits per heavy atom. The van der Waals surface area contributed by atoms with Crippen molar-refractivity contribution < 1.29 is 9.53 Å². The number of ether oxygens (including phenoxy) is 1. The van der Waals surface area contributed by atoms with Crippen molar-refractivity contribution in [2.45, 2.75) is 45.8 Å². The lowest BCUT2D eigenvalue weighted by Crippen LogP contribution is -2.51. The highest BCUT2D eigenvalue weighted by atomic mass is 16.5. The van der Waals surface area contributed by atoms with Gasteiger partial charge in [0.25, 0.3) is 0 Å². The number of carbonyl (C=O) groups is 1. The average Bonchev–Trinajstić information content (AvgIpc) is 2.21. The van der Waals surface area contributed by atoms with Gasteiger partial charge in [-0.25, -0.2) is 0 Å². The van der Waals surface area contributed by atoms with Crippen LogP contribution in [-0.2, 0) is 4.79 Å². The van der Waals surface area contributed by atoms with E-state index in [0.29, 0.717) is 6.42 Å². The molecule has 0 aliphatic rings. The number of rotatable bonds is 5. The van der Waals surface area contributed by atoms with Crippen molar-refractivity contribution in [1.29, 1.82) is 0 Å². The Bertz CT molecular complexity index is 441. The first kappa shape index (κ1) is 14.5. The summed E-state index contributed by atoms with van der Waals surface area (Å²) in [5.41, 5.74) is 12.3. The number of benzene rings is 1. The Morgan fingerprint density at radius 2 is 2.06 bits per heavy atom. The standard InChI is InChI=1S/C14H22N2O2/c1-9-5-6-12(10(2)7-9)18-11(3)8-14(4,16)13(15)17/h5-7,11H,8,16H2,1-4H3,(H2,15,17). The zero-order valence-corrected chi connectivity index (χ0v) is 11.5. The van der Waals surface area contributed by atoms with E-state index in [4.69, 9.17) is 16.2 Å². The molecule has 18 heavy (non-hydrogen) atoms. The van der Waals surface area contributed by atoms with E-state index in [1.807, 2.05) is 32.9 Å². The van der Waals surface area contributed by atoms with E-state index in [1.54, 1.807) is 6.92 Å². The number of hydrogen-bond acceptors (Lipinski definition) is 3. The Labute approximate surface area is 108 Å². The third-order valence-electron chi connectivity index (χ3n) is 2.93. The average molecular weight is 250 g/mol. The van der Waals surface area contributed by atoms with Gasteiger partial charge in [-0.15, -0.1) is 0 Å². The minimum atomic E-state index is -1.04. The van der Waals surface area contributed by atoms with E-state index in [-0.39, 0.29) is 6.10 Å². The molecule has 0 aromatic heterocycles. The fourth-order valence-electron chi connectivity index (χ4n) is 1.89. The number of hydrogen-bond donors (Lipinski definition) is 2. The first-order chi connectivity index (χ1) is 8.22. The predicted octanol–water partition coefficient (Wildman–Crippen LogP) is 1.66. The molecule has 4 N–H and O–H groups in total. The first-order valence-corrected chi connectivity index (χ1v) is 6.05. The molecule has 4 heteroatoms. The van der Waals surface area contributed by atoms with Crippen molar-refractivity contribution in [2.75, 3.05) is 0 Å². The van der Waals surface area contributed by atoms with Crippen LogP contribution in [0.5, 0.6) is 5.75 Å². The normalized spacial score (nSPS) is 15.8. The molecule has 100 valence electrons. The van der Waals surface area contributed by atoms with Gasteiger partial charge in [0.1, 0.15) is 5.75 Å². The summed E-state index contributed by atoms with van der Waals surface area (Å²) in [7, 11) is 0. The molecule has 0 fully saturated rings. The second-order valence-corrected chi connectivity index (χ2v) is 5.18. The van der Waals surface area contributed by atoms with Crippen molar-refractivity contribution in [3.8, 4) is 5.75 Å². The highest BCUT2D eigenvalue weighted by molar-refractivity contribution is 5.83. The second kappa shape index (κ2) is 5.40. The maximum absolute atomic E-state index is 11.2. The van der Waals surface area contributed by atoms with Gasteiger partial charge in [0.2, 0.25) is 5.91 Å². The van der Waals surface area contributed by atoms with Crippen LogP contribution in [0.3, 0.4) is 0 Å². The lowest BCUT2D eigenvalue weighted by atomic mass is 9.95. The maximum atomic E-state index is 11.2. The molecular weight excluding hydrogens is 228 g/mol. The zero-order chi connectivity index (χ0) is 13.9. The van der Waals surface area contributed by atoms with Gasteiger partial charge in [0.15, 0.2) is 0 Å². The maximum Gasteiger partial charge on any atom is 0.237 e.